The lowest BCUT2D eigenvalue weighted by Crippen LogP contribution is -2.39. The summed E-state index contributed by atoms with van der Waals surface area (Å²) < 4.78 is 6.79. The van der Waals surface area contributed by atoms with E-state index in [-0.39, 0.29) is 17.6 Å². The molecule has 29 heavy (non-hydrogen) atoms. The van der Waals surface area contributed by atoms with E-state index in [1.54, 1.807) is 36.5 Å². The van der Waals surface area contributed by atoms with Gasteiger partial charge in [-0.25, -0.2) is 14.8 Å². The Kier molecular flexibility index (Phi) is 6.98. The predicted octanol–water partition coefficient (Wildman–Crippen LogP) is 2.05. The minimum absolute atomic E-state index is 0.141. The number of hydrogen-bond donors (Lipinski definition) is 2. The number of ether oxygens (including phenoxy) is 1. The number of nitrogens with two attached hydrogens (primary N) is 2. The van der Waals surface area contributed by atoms with Gasteiger partial charge >= 0.3 is 6.09 Å². The highest BCUT2D eigenvalue weighted by atomic mass is 16.6. The fraction of sp³-hybridized carbons (Fsp3) is 0.400. The van der Waals surface area contributed by atoms with Crippen molar-refractivity contribution in [1.29, 1.82) is 0 Å². The van der Waals surface area contributed by atoms with Gasteiger partial charge in [0.15, 0.2) is 0 Å². The summed E-state index contributed by atoms with van der Waals surface area (Å²) in [5.41, 5.74) is 12.4. The summed E-state index contributed by atoms with van der Waals surface area (Å²) in [6.07, 6.45) is 5.73. The van der Waals surface area contributed by atoms with Crippen molar-refractivity contribution < 1.29 is 9.53 Å². The van der Waals surface area contributed by atoms with Gasteiger partial charge in [-0.15, -0.1) is 0 Å². The highest BCUT2D eigenvalue weighted by Crippen LogP contribution is 2.22. The first-order chi connectivity index (χ1) is 13.6. The van der Waals surface area contributed by atoms with E-state index in [4.69, 9.17) is 16.2 Å². The van der Waals surface area contributed by atoms with Crippen LogP contribution in [0.3, 0.4) is 0 Å². The van der Waals surface area contributed by atoms with Crippen LogP contribution in [-0.2, 0) is 11.8 Å². The van der Waals surface area contributed by atoms with Crippen molar-refractivity contribution in [3.05, 3.63) is 52.7 Å². The molecule has 0 radical (unpaired) electrons. The second kappa shape index (κ2) is 9.22. The first-order valence-corrected chi connectivity index (χ1v) is 9.24. The third-order valence-corrected chi connectivity index (χ3v) is 4.02. The van der Waals surface area contributed by atoms with Crippen molar-refractivity contribution in [2.75, 3.05) is 24.6 Å². The van der Waals surface area contributed by atoms with E-state index >= 15 is 0 Å². The molecule has 9 nitrogen and oxygen atoms in total. The normalized spacial score (nSPS) is 13.8. The van der Waals surface area contributed by atoms with Gasteiger partial charge in [0.2, 0.25) is 5.95 Å². The van der Waals surface area contributed by atoms with Crippen LogP contribution in [0.5, 0.6) is 0 Å². The molecule has 2 aromatic rings. The Hall–Kier alpha value is -3.36. The molecule has 3 heterocycles. The zero-order valence-electron chi connectivity index (χ0n) is 17.3. The van der Waals surface area contributed by atoms with Crippen LogP contribution in [0.25, 0.3) is 5.57 Å². The smallest absolute Gasteiger partial charge is 0.410 e. The molecule has 0 bridgehead atoms. The minimum Gasteiger partial charge on any atom is -0.444 e. The molecule has 0 spiro atoms. The quantitative estimate of drug-likeness (QED) is 0.749. The van der Waals surface area contributed by atoms with Crippen LogP contribution in [0.1, 0.15) is 32.9 Å². The van der Waals surface area contributed by atoms with Gasteiger partial charge < -0.3 is 25.7 Å². The zero-order valence-corrected chi connectivity index (χ0v) is 17.3. The standard InChI is InChI=1S/C14H20N4O2.C6H8N2O/c1-14(2,3)20-13(19)18-8-5-10(6-9-18)11-4-7-16-12(15)17-11;1-8-4-2-3-5(7)6(8)9/h4-5,7H,6,8-9H2,1-3H3,(H2,15,16,17);2-4H,7H2,1H3. The van der Waals surface area contributed by atoms with E-state index in [2.05, 4.69) is 9.97 Å². The molecule has 156 valence electrons. The second-order valence-electron chi connectivity index (χ2n) is 7.59. The number of hydrogen-bond acceptors (Lipinski definition) is 7. The van der Waals surface area contributed by atoms with Crippen LogP contribution in [0.15, 0.2) is 41.5 Å². The van der Waals surface area contributed by atoms with Crippen LogP contribution >= 0.6 is 0 Å². The first-order valence-electron chi connectivity index (χ1n) is 9.24. The zero-order chi connectivity index (χ0) is 21.6. The topological polar surface area (TPSA) is 129 Å². The maximum Gasteiger partial charge on any atom is 0.410 e. The van der Waals surface area contributed by atoms with Gasteiger partial charge in [-0.05, 0) is 51.0 Å². The van der Waals surface area contributed by atoms with Crippen molar-refractivity contribution in [2.24, 2.45) is 7.05 Å². The Morgan fingerprint density at radius 1 is 1.24 bits per heavy atom. The molecule has 0 aliphatic carbocycles. The van der Waals surface area contributed by atoms with Crippen LogP contribution in [-0.4, -0.2) is 44.2 Å². The summed E-state index contributed by atoms with van der Waals surface area (Å²) in [6, 6.07) is 5.14. The lowest BCUT2D eigenvalue weighted by Gasteiger charge is -2.29. The predicted molar refractivity (Wildman–Crippen MR) is 113 cm³/mol. The van der Waals surface area contributed by atoms with Gasteiger partial charge in [-0.2, -0.15) is 0 Å². The Labute approximate surface area is 170 Å². The lowest BCUT2D eigenvalue weighted by molar-refractivity contribution is 0.0270. The molecule has 0 atom stereocenters. The van der Waals surface area contributed by atoms with E-state index in [9.17, 15) is 9.59 Å². The summed E-state index contributed by atoms with van der Waals surface area (Å²) in [4.78, 5) is 32.5. The third kappa shape index (κ3) is 6.63. The second-order valence-corrected chi connectivity index (χ2v) is 7.59. The molecule has 2 aromatic heterocycles. The molecule has 4 N–H and O–H groups in total. The summed E-state index contributed by atoms with van der Waals surface area (Å²) in [5, 5.41) is 0. The number of nitrogen functional groups attached to an aromatic ring is 2. The number of aromatic nitrogens is 3. The lowest BCUT2D eigenvalue weighted by atomic mass is 10.1. The van der Waals surface area contributed by atoms with E-state index in [0.717, 1.165) is 17.7 Å². The molecular formula is C20H28N6O3. The van der Waals surface area contributed by atoms with Gasteiger partial charge in [0.25, 0.3) is 5.56 Å². The highest BCUT2D eigenvalue weighted by Gasteiger charge is 2.24. The molecule has 1 amide bonds. The first kappa shape index (κ1) is 21.9. The number of rotatable bonds is 1. The summed E-state index contributed by atoms with van der Waals surface area (Å²) in [7, 11) is 1.67. The third-order valence-electron chi connectivity index (χ3n) is 4.02. The fourth-order valence-electron chi connectivity index (χ4n) is 2.57. The number of pyridine rings is 1. The molecule has 1 aliphatic rings. The summed E-state index contributed by atoms with van der Waals surface area (Å²) in [6.45, 7) is 6.72. The largest absolute Gasteiger partial charge is 0.444 e. The van der Waals surface area contributed by atoms with E-state index in [1.165, 1.54) is 4.57 Å². The van der Waals surface area contributed by atoms with Gasteiger partial charge in [0, 0.05) is 32.5 Å². The Morgan fingerprint density at radius 2 is 1.97 bits per heavy atom. The van der Waals surface area contributed by atoms with E-state index in [0.29, 0.717) is 18.8 Å². The Bertz CT molecular complexity index is 922. The molecule has 0 saturated carbocycles. The van der Waals surface area contributed by atoms with Crippen LogP contribution in [0, 0.1) is 0 Å². The summed E-state index contributed by atoms with van der Waals surface area (Å²) >= 11 is 0. The van der Waals surface area contributed by atoms with Gasteiger partial charge in [-0.3, -0.25) is 4.79 Å². The molecule has 1 aliphatic heterocycles. The number of nitrogens with zero attached hydrogens (tertiary/aromatic N) is 4. The number of aryl methyl sites for hydroxylation is 1. The highest BCUT2D eigenvalue weighted by molar-refractivity contribution is 5.72. The van der Waals surface area contributed by atoms with Crippen molar-refractivity contribution in [3.8, 4) is 0 Å². The molecule has 0 unspecified atom stereocenters. The average Bonchev–Trinajstić information content (AvgIpc) is 2.65. The molecule has 9 heteroatoms. The van der Waals surface area contributed by atoms with Gasteiger partial charge in [0.05, 0.1) is 11.4 Å². The fourth-order valence-corrected chi connectivity index (χ4v) is 2.57. The van der Waals surface area contributed by atoms with Gasteiger partial charge in [-0.1, -0.05) is 6.08 Å². The van der Waals surface area contributed by atoms with Gasteiger partial charge in [0.1, 0.15) is 5.60 Å². The van der Waals surface area contributed by atoms with Crippen molar-refractivity contribution in [1.82, 2.24) is 19.4 Å². The SMILES string of the molecule is CC(C)(C)OC(=O)N1CC=C(c2ccnc(N)n2)CC1.Cn1cccc(N)c1=O. The van der Waals surface area contributed by atoms with Crippen LogP contribution in [0.4, 0.5) is 16.4 Å². The molecule has 3 rings (SSSR count). The number of anilines is 2. The molecular weight excluding hydrogens is 372 g/mol. The van der Waals surface area contributed by atoms with Crippen LogP contribution < -0.4 is 17.0 Å². The number of amides is 1. The minimum atomic E-state index is -0.470. The molecule has 0 aromatic carbocycles. The molecule has 0 fully saturated rings. The van der Waals surface area contributed by atoms with E-state index in [1.807, 2.05) is 32.9 Å². The maximum atomic E-state index is 11.9. The average molecular weight is 400 g/mol. The van der Waals surface area contributed by atoms with Crippen LogP contribution in [0.2, 0.25) is 0 Å². The number of carbonyl (C=O) groups excluding carboxylic acids is 1. The summed E-state index contributed by atoms with van der Waals surface area (Å²) in [5.74, 6) is 0.262. The maximum absolute atomic E-state index is 11.9. The monoisotopic (exact) mass is 400 g/mol. The van der Waals surface area contributed by atoms with Crippen molar-refractivity contribution >= 4 is 23.3 Å². The Balaban J connectivity index is 0.000000278. The van der Waals surface area contributed by atoms with Crippen molar-refractivity contribution in [2.45, 2.75) is 32.8 Å². The Morgan fingerprint density at radius 3 is 2.48 bits per heavy atom. The van der Waals surface area contributed by atoms with E-state index < -0.39 is 5.60 Å². The van der Waals surface area contributed by atoms with Crippen molar-refractivity contribution in [3.63, 3.8) is 0 Å². The molecule has 0 saturated heterocycles. The number of carbonyl (C=O) groups is 1.